The summed E-state index contributed by atoms with van der Waals surface area (Å²) in [6.07, 6.45) is 0.140. The molecular weight excluding hydrogens is 485 g/mol. The Kier molecular flexibility index (Phi) is 8.19. The fraction of sp³-hybridized carbons (Fsp3) is 0.222. The molecule has 0 atom stereocenters. The number of amides is 1. The van der Waals surface area contributed by atoms with Gasteiger partial charge in [-0.05, 0) is 60.4 Å². The lowest BCUT2D eigenvalue weighted by atomic mass is 10.0. The Morgan fingerprint density at radius 3 is 2.73 bits per heavy atom. The highest BCUT2D eigenvalue weighted by Crippen LogP contribution is 2.34. The van der Waals surface area contributed by atoms with E-state index in [0.29, 0.717) is 29.3 Å². The van der Waals surface area contributed by atoms with E-state index in [-0.39, 0.29) is 30.7 Å². The minimum atomic E-state index is -4.57. The number of alkyl halides is 3. The van der Waals surface area contributed by atoms with E-state index in [1.54, 1.807) is 42.6 Å². The standard InChI is InChI=1S/C27H25F3N4O3/c28-27(29,30)23-16-20(8-7-19(23)4-2-14-35)34-25(36)9-6-18-3-1-5-21(15-18)37-22-10-11-31-24(17-22)26-32-12-13-33-26/h1,3,5-11,15-17,35H,2,4,12-14H2,(H,32,33)(H,34,36)/b9-6+. The molecular formula is C27H25F3N4O3. The lowest BCUT2D eigenvalue weighted by molar-refractivity contribution is -0.138. The fourth-order valence-electron chi connectivity index (χ4n) is 3.75. The average molecular weight is 511 g/mol. The number of aliphatic imine (C=N–C) groups is 1. The van der Waals surface area contributed by atoms with E-state index in [9.17, 15) is 18.0 Å². The highest BCUT2D eigenvalue weighted by Gasteiger charge is 2.33. The Balaban J connectivity index is 1.42. The number of anilines is 1. The second-order valence-electron chi connectivity index (χ2n) is 8.23. The number of benzene rings is 2. The Hall–Kier alpha value is -4.18. The van der Waals surface area contributed by atoms with Crippen molar-refractivity contribution in [3.05, 3.63) is 89.3 Å². The number of halogens is 3. The van der Waals surface area contributed by atoms with Crippen LogP contribution in [-0.4, -0.2) is 41.5 Å². The lowest BCUT2D eigenvalue weighted by Crippen LogP contribution is -2.20. The molecule has 7 nitrogen and oxygen atoms in total. The van der Waals surface area contributed by atoms with Crippen molar-refractivity contribution in [3.8, 4) is 11.5 Å². The summed E-state index contributed by atoms with van der Waals surface area (Å²) in [5.74, 6) is 1.25. The van der Waals surface area contributed by atoms with Crippen LogP contribution in [-0.2, 0) is 17.4 Å². The number of nitrogens with zero attached hydrogens (tertiary/aromatic N) is 2. The number of carbonyl (C=O) groups excluding carboxylic acids is 1. The van der Waals surface area contributed by atoms with Crippen LogP contribution in [0.3, 0.4) is 0 Å². The first-order valence-corrected chi connectivity index (χ1v) is 11.6. The van der Waals surface area contributed by atoms with Gasteiger partial charge in [0.25, 0.3) is 0 Å². The molecule has 1 aliphatic heterocycles. The summed E-state index contributed by atoms with van der Waals surface area (Å²) in [5.41, 5.74) is 0.613. The molecule has 1 amide bonds. The maximum Gasteiger partial charge on any atom is 0.416 e. The summed E-state index contributed by atoms with van der Waals surface area (Å²) >= 11 is 0. The van der Waals surface area contributed by atoms with Gasteiger partial charge in [0.15, 0.2) is 0 Å². The number of amidine groups is 1. The van der Waals surface area contributed by atoms with Gasteiger partial charge in [-0.2, -0.15) is 13.2 Å². The number of hydrogen-bond donors (Lipinski definition) is 3. The number of aryl methyl sites for hydroxylation is 1. The maximum atomic E-state index is 13.4. The summed E-state index contributed by atoms with van der Waals surface area (Å²) in [5, 5.41) is 14.6. The van der Waals surface area contributed by atoms with Crippen molar-refractivity contribution in [1.29, 1.82) is 0 Å². The van der Waals surface area contributed by atoms with Crippen LogP contribution in [0.15, 0.2) is 71.9 Å². The third-order valence-corrected chi connectivity index (χ3v) is 5.46. The number of nitrogens with one attached hydrogen (secondary N) is 2. The van der Waals surface area contributed by atoms with Gasteiger partial charge in [-0.15, -0.1) is 0 Å². The van der Waals surface area contributed by atoms with Crippen LogP contribution in [0.5, 0.6) is 11.5 Å². The molecule has 3 N–H and O–H groups in total. The third-order valence-electron chi connectivity index (χ3n) is 5.46. The van der Waals surface area contributed by atoms with E-state index in [0.717, 1.165) is 18.4 Å². The van der Waals surface area contributed by atoms with Gasteiger partial charge in [0.2, 0.25) is 5.91 Å². The van der Waals surface area contributed by atoms with Crippen LogP contribution in [0.1, 0.15) is 28.8 Å². The van der Waals surface area contributed by atoms with Crippen LogP contribution in [0.4, 0.5) is 18.9 Å². The van der Waals surface area contributed by atoms with Gasteiger partial charge in [0, 0.05) is 37.2 Å². The summed E-state index contributed by atoms with van der Waals surface area (Å²) in [4.78, 5) is 21.0. The average Bonchev–Trinajstić information content (AvgIpc) is 3.42. The second-order valence-corrected chi connectivity index (χ2v) is 8.23. The Labute approximate surface area is 211 Å². The van der Waals surface area contributed by atoms with Crippen molar-refractivity contribution in [2.75, 3.05) is 25.0 Å². The molecule has 192 valence electrons. The zero-order valence-electron chi connectivity index (χ0n) is 19.8. The van der Waals surface area contributed by atoms with Gasteiger partial charge < -0.3 is 20.5 Å². The number of pyridine rings is 1. The number of aromatic nitrogens is 1. The Bertz CT molecular complexity index is 1320. The third kappa shape index (κ3) is 7.17. The molecule has 0 fully saturated rings. The Morgan fingerprint density at radius 2 is 1.97 bits per heavy atom. The number of hydrogen-bond acceptors (Lipinski definition) is 6. The summed E-state index contributed by atoms with van der Waals surface area (Å²) in [6.45, 7) is 1.26. The van der Waals surface area contributed by atoms with Gasteiger partial charge in [0.1, 0.15) is 23.0 Å². The number of aliphatic hydroxyl groups excluding tert-OH is 1. The minimum absolute atomic E-state index is 0.0293. The molecule has 1 aromatic heterocycles. The first-order chi connectivity index (χ1) is 17.8. The van der Waals surface area contributed by atoms with Crippen LogP contribution in [0.25, 0.3) is 6.08 Å². The van der Waals surface area contributed by atoms with Gasteiger partial charge in [-0.25, -0.2) is 0 Å². The first kappa shape index (κ1) is 25.9. The maximum absolute atomic E-state index is 13.4. The predicted octanol–water partition coefficient (Wildman–Crippen LogP) is 4.82. The van der Waals surface area contributed by atoms with Gasteiger partial charge in [-0.3, -0.25) is 14.8 Å². The van der Waals surface area contributed by atoms with E-state index in [4.69, 9.17) is 9.84 Å². The topological polar surface area (TPSA) is 95.8 Å². The highest BCUT2D eigenvalue weighted by atomic mass is 19.4. The van der Waals surface area contributed by atoms with Crippen molar-refractivity contribution in [1.82, 2.24) is 10.3 Å². The molecule has 0 bridgehead atoms. The van der Waals surface area contributed by atoms with Crippen molar-refractivity contribution in [3.63, 3.8) is 0 Å². The molecule has 0 unspecified atom stereocenters. The van der Waals surface area contributed by atoms with Crippen LogP contribution in [0.2, 0.25) is 0 Å². The van der Waals surface area contributed by atoms with Crippen LogP contribution >= 0.6 is 0 Å². The molecule has 3 aromatic rings. The van der Waals surface area contributed by atoms with E-state index >= 15 is 0 Å². The van der Waals surface area contributed by atoms with Crippen molar-refractivity contribution in [2.45, 2.75) is 19.0 Å². The van der Waals surface area contributed by atoms with E-state index < -0.39 is 17.6 Å². The van der Waals surface area contributed by atoms with Gasteiger partial charge in [0.05, 0.1) is 12.1 Å². The number of carbonyl (C=O) groups is 1. The zero-order chi connectivity index (χ0) is 26.3. The lowest BCUT2D eigenvalue weighted by Gasteiger charge is -2.14. The monoisotopic (exact) mass is 510 g/mol. The van der Waals surface area contributed by atoms with Gasteiger partial charge >= 0.3 is 6.18 Å². The molecule has 2 aromatic carbocycles. The minimum Gasteiger partial charge on any atom is -0.457 e. The summed E-state index contributed by atoms with van der Waals surface area (Å²) in [6, 6.07) is 14.2. The first-order valence-electron chi connectivity index (χ1n) is 11.6. The smallest absolute Gasteiger partial charge is 0.416 e. The summed E-state index contributed by atoms with van der Waals surface area (Å²) < 4.78 is 46.3. The second kappa shape index (κ2) is 11.7. The van der Waals surface area contributed by atoms with Crippen LogP contribution in [0, 0.1) is 0 Å². The quantitative estimate of drug-likeness (QED) is 0.359. The molecule has 4 rings (SSSR count). The predicted molar refractivity (Wildman–Crippen MR) is 135 cm³/mol. The van der Waals surface area contributed by atoms with E-state index in [2.05, 4.69) is 20.6 Å². The molecule has 0 radical (unpaired) electrons. The molecule has 0 spiro atoms. The van der Waals surface area contributed by atoms with E-state index in [1.807, 2.05) is 0 Å². The van der Waals surface area contributed by atoms with Crippen molar-refractivity contribution >= 4 is 23.5 Å². The largest absolute Gasteiger partial charge is 0.457 e. The number of rotatable bonds is 9. The Morgan fingerprint density at radius 1 is 1.14 bits per heavy atom. The molecule has 1 aliphatic rings. The zero-order valence-corrected chi connectivity index (χ0v) is 19.8. The van der Waals surface area contributed by atoms with Gasteiger partial charge in [-0.1, -0.05) is 18.2 Å². The van der Waals surface area contributed by atoms with E-state index in [1.165, 1.54) is 24.3 Å². The highest BCUT2D eigenvalue weighted by molar-refractivity contribution is 6.02. The van der Waals surface area contributed by atoms with Crippen molar-refractivity contribution in [2.24, 2.45) is 4.99 Å². The molecule has 0 saturated carbocycles. The van der Waals surface area contributed by atoms with Crippen molar-refractivity contribution < 1.29 is 27.8 Å². The molecule has 2 heterocycles. The molecule has 37 heavy (non-hydrogen) atoms. The number of aliphatic hydroxyl groups is 1. The molecule has 0 saturated heterocycles. The normalized spacial score (nSPS) is 13.4. The SMILES string of the molecule is O=C(/C=C/c1cccc(Oc2ccnc(C3=NCCN3)c2)c1)Nc1ccc(CCCO)c(C(F)(F)F)c1. The summed E-state index contributed by atoms with van der Waals surface area (Å²) in [7, 11) is 0. The van der Waals surface area contributed by atoms with Crippen LogP contribution < -0.4 is 15.4 Å². The fourth-order valence-corrected chi connectivity index (χ4v) is 3.75. The number of ether oxygens (including phenoxy) is 1. The molecule has 0 aliphatic carbocycles. The molecule has 10 heteroatoms.